The fourth-order valence-corrected chi connectivity index (χ4v) is 2.78. The summed E-state index contributed by atoms with van der Waals surface area (Å²) in [7, 11) is 0. The molecule has 0 aromatic heterocycles. The predicted octanol–water partition coefficient (Wildman–Crippen LogP) is 2.59. The van der Waals surface area contributed by atoms with E-state index in [-0.39, 0.29) is 18.4 Å². The lowest BCUT2D eigenvalue weighted by molar-refractivity contribution is 0.0135. The molecule has 2 aromatic carbocycles. The number of rotatable bonds is 5. The van der Waals surface area contributed by atoms with E-state index in [4.69, 9.17) is 5.26 Å². The van der Waals surface area contributed by atoms with E-state index >= 15 is 0 Å². The Bertz CT molecular complexity index is 730. The highest BCUT2D eigenvalue weighted by Gasteiger charge is 2.45. The van der Waals surface area contributed by atoms with Crippen LogP contribution in [0.25, 0.3) is 0 Å². The van der Waals surface area contributed by atoms with Gasteiger partial charge in [-0.3, -0.25) is 4.79 Å². The minimum Gasteiger partial charge on any atom is -0.383 e. The largest absolute Gasteiger partial charge is 0.383 e. The Balaban J connectivity index is 1.72. The van der Waals surface area contributed by atoms with Gasteiger partial charge in [-0.1, -0.05) is 30.3 Å². The standard InChI is InChI=1S/C19H18N2O2/c20-12-14-6-8-15(9-7-14)18(22)21-13-19(23,17-10-11-17)16-4-2-1-3-5-16/h1-9,17,23H,10-11,13H2,(H,21,22). The Kier molecular flexibility index (Phi) is 4.14. The molecular formula is C19H18N2O2. The van der Waals surface area contributed by atoms with Crippen LogP contribution < -0.4 is 5.32 Å². The van der Waals surface area contributed by atoms with Crippen LogP contribution in [0.15, 0.2) is 54.6 Å². The summed E-state index contributed by atoms with van der Waals surface area (Å²) in [5.41, 5.74) is 0.807. The van der Waals surface area contributed by atoms with Crippen LogP contribution >= 0.6 is 0 Å². The molecule has 23 heavy (non-hydrogen) atoms. The number of nitriles is 1. The van der Waals surface area contributed by atoms with Crippen LogP contribution in [-0.4, -0.2) is 17.6 Å². The summed E-state index contributed by atoms with van der Waals surface area (Å²) in [4.78, 5) is 12.3. The van der Waals surface area contributed by atoms with Gasteiger partial charge in [0.05, 0.1) is 18.2 Å². The van der Waals surface area contributed by atoms with E-state index in [0.717, 1.165) is 18.4 Å². The summed E-state index contributed by atoms with van der Waals surface area (Å²) in [6.45, 7) is 0.181. The van der Waals surface area contributed by atoms with Gasteiger partial charge in [0, 0.05) is 5.56 Å². The van der Waals surface area contributed by atoms with E-state index in [1.165, 1.54) is 0 Å². The van der Waals surface area contributed by atoms with Gasteiger partial charge in [-0.15, -0.1) is 0 Å². The Hall–Kier alpha value is -2.64. The molecule has 1 fully saturated rings. The molecule has 1 atom stereocenters. The van der Waals surface area contributed by atoms with Crippen LogP contribution in [0.5, 0.6) is 0 Å². The van der Waals surface area contributed by atoms with Crippen LogP contribution in [0.3, 0.4) is 0 Å². The predicted molar refractivity (Wildman–Crippen MR) is 86.6 cm³/mol. The fourth-order valence-electron chi connectivity index (χ4n) is 2.78. The molecule has 1 amide bonds. The summed E-state index contributed by atoms with van der Waals surface area (Å²) in [6.07, 6.45) is 1.94. The number of carbonyl (C=O) groups is 1. The molecule has 0 saturated heterocycles. The Morgan fingerprint density at radius 2 is 1.83 bits per heavy atom. The van der Waals surface area contributed by atoms with Crippen molar-refractivity contribution in [1.82, 2.24) is 5.32 Å². The first-order chi connectivity index (χ1) is 11.1. The van der Waals surface area contributed by atoms with Crippen molar-refractivity contribution >= 4 is 5.91 Å². The van der Waals surface area contributed by atoms with Gasteiger partial charge in [0.25, 0.3) is 5.91 Å². The zero-order chi connectivity index (χ0) is 16.3. The molecule has 2 aromatic rings. The van der Waals surface area contributed by atoms with Crippen molar-refractivity contribution < 1.29 is 9.90 Å². The highest BCUT2D eigenvalue weighted by atomic mass is 16.3. The Labute approximate surface area is 135 Å². The highest BCUT2D eigenvalue weighted by Crippen LogP contribution is 2.45. The Morgan fingerprint density at radius 1 is 1.17 bits per heavy atom. The summed E-state index contributed by atoms with van der Waals surface area (Å²) < 4.78 is 0. The summed E-state index contributed by atoms with van der Waals surface area (Å²) >= 11 is 0. The van der Waals surface area contributed by atoms with Crippen molar-refractivity contribution in [2.75, 3.05) is 6.54 Å². The number of nitrogens with zero attached hydrogens (tertiary/aromatic N) is 1. The second-order valence-corrected chi connectivity index (χ2v) is 5.94. The monoisotopic (exact) mass is 306 g/mol. The van der Waals surface area contributed by atoms with Gasteiger partial charge in [0.2, 0.25) is 0 Å². The number of nitrogens with one attached hydrogen (secondary N) is 1. The van der Waals surface area contributed by atoms with Gasteiger partial charge >= 0.3 is 0 Å². The zero-order valence-electron chi connectivity index (χ0n) is 12.7. The maximum absolute atomic E-state index is 12.3. The van der Waals surface area contributed by atoms with E-state index in [1.807, 2.05) is 36.4 Å². The van der Waals surface area contributed by atoms with Gasteiger partial charge in [0.15, 0.2) is 0 Å². The lowest BCUT2D eigenvalue weighted by atomic mass is 9.88. The first-order valence-electron chi connectivity index (χ1n) is 7.70. The smallest absolute Gasteiger partial charge is 0.251 e. The van der Waals surface area contributed by atoms with Crippen molar-refractivity contribution in [2.45, 2.75) is 18.4 Å². The summed E-state index contributed by atoms with van der Waals surface area (Å²) in [6, 6.07) is 18.0. The van der Waals surface area contributed by atoms with Gasteiger partial charge in [-0.25, -0.2) is 0 Å². The third-order valence-electron chi connectivity index (χ3n) is 4.32. The fraction of sp³-hybridized carbons (Fsp3) is 0.263. The number of amides is 1. The summed E-state index contributed by atoms with van der Waals surface area (Å²) in [5, 5.41) is 22.7. The maximum Gasteiger partial charge on any atom is 0.251 e. The lowest BCUT2D eigenvalue weighted by Gasteiger charge is -2.29. The van der Waals surface area contributed by atoms with Gasteiger partial charge in [-0.05, 0) is 48.6 Å². The molecule has 0 spiro atoms. The average Bonchev–Trinajstić information content (AvgIpc) is 3.46. The lowest BCUT2D eigenvalue weighted by Crippen LogP contribution is -2.42. The summed E-state index contributed by atoms with van der Waals surface area (Å²) in [5.74, 6) is -0.0596. The van der Waals surface area contributed by atoms with Crippen LogP contribution in [0.2, 0.25) is 0 Å². The van der Waals surface area contributed by atoms with Crippen LogP contribution in [0.1, 0.15) is 34.3 Å². The zero-order valence-corrected chi connectivity index (χ0v) is 12.7. The van der Waals surface area contributed by atoms with E-state index < -0.39 is 5.60 Å². The minimum atomic E-state index is -1.02. The van der Waals surface area contributed by atoms with Crippen molar-refractivity contribution in [1.29, 1.82) is 5.26 Å². The quantitative estimate of drug-likeness (QED) is 0.891. The van der Waals surface area contributed by atoms with Crippen molar-refractivity contribution in [2.24, 2.45) is 5.92 Å². The van der Waals surface area contributed by atoms with Gasteiger partial charge < -0.3 is 10.4 Å². The van der Waals surface area contributed by atoms with E-state index in [9.17, 15) is 9.90 Å². The molecular weight excluding hydrogens is 288 g/mol. The van der Waals surface area contributed by atoms with E-state index in [2.05, 4.69) is 5.32 Å². The van der Waals surface area contributed by atoms with Gasteiger partial charge in [-0.2, -0.15) is 5.26 Å². The first-order valence-corrected chi connectivity index (χ1v) is 7.70. The molecule has 0 aliphatic heterocycles. The molecule has 2 N–H and O–H groups in total. The van der Waals surface area contributed by atoms with Crippen molar-refractivity contribution in [3.8, 4) is 6.07 Å². The SMILES string of the molecule is N#Cc1ccc(C(=O)NCC(O)(c2ccccc2)C2CC2)cc1. The molecule has 4 heteroatoms. The normalized spacial score (nSPS) is 16.2. The number of carbonyl (C=O) groups excluding carboxylic acids is 1. The van der Waals surface area contributed by atoms with Crippen LogP contribution in [-0.2, 0) is 5.60 Å². The average molecular weight is 306 g/mol. The number of benzene rings is 2. The second kappa shape index (κ2) is 6.23. The highest BCUT2D eigenvalue weighted by molar-refractivity contribution is 5.94. The number of hydrogen-bond donors (Lipinski definition) is 2. The molecule has 1 aliphatic carbocycles. The number of hydrogen-bond acceptors (Lipinski definition) is 3. The third-order valence-corrected chi connectivity index (χ3v) is 4.32. The maximum atomic E-state index is 12.3. The van der Waals surface area contributed by atoms with Crippen LogP contribution in [0, 0.1) is 17.2 Å². The molecule has 0 radical (unpaired) electrons. The molecule has 0 heterocycles. The third kappa shape index (κ3) is 3.25. The van der Waals surface area contributed by atoms with Crippen LogP contribution in [0.4, 0.5) is 0 Å². The van der Waals surface area contributed by atoms with E-state index in [1.54, 1.807) is 24.3 Å². The molecule has 1 unspecified atom stereocenters. The van der Waals surface area contributed by atoms with E-state index in [0.29, 0.717) is 11.1 Å². The molecule has 4 nitrogen and oxygen atoms in total. The first kappa shape index (κ1) is 15.3. The van der Waals surface area contributed by atoms with Gasteiger partial charge in [0.1, 0.15) is 5.60 Å². The minimum absolute atomic E-state index is 0.181. The Morgan fingerprint density at radius 3 is 2.39 bits per heavy atom. The van der Waals surface area contributed by atoms with Crippen molar-refractivity contribution in [3.63, 3.8) is 0 Å². The molecule has 3 rings (SSSR count). The molecule has 116 valence electrons. The topological polar surface area (TPSA) is 73.1 Å². The second-order valence-electron chi connectivity index (χ2n) is 5.94. The molecule has 1 saturated carbocycles. The molecule has 1 aliphatic rings. The number of aliphatic hydroxyl groups is 1. The molecule has 0 bridgehead atoms. The van der Waals surface area contributed by atoms with Crippen molar-refractivity contribution in [3.05, 3.63) is 71.3 Å².